The third kappa shape index (κ3) is 4.32. The zero-order chi connectivity index (χ0) is 39.1. The van der Waals surface area contributed by atoms with E-state index in [1.165, 1.54) is 32.3 Å². The molecule has 0 N–H and O–H groups in total. The van der Waals surface area contributed by atoms with Gasteiger partial charge in [0.1, 0.15) is 16.8 Å². The third-order valence-corrected chi connectivity index (χ3v) is 12.7. The lowest BCUT2D eigenvalue weighted by Gasteiger charge is -2.34. The number of fused-ring (bicyclic) bond motifs is 19. The summed E-state index contributed by atoms with van der Waals surface area (Å²) in [4.78, 5) is 7.57. The molecule has 13 aromatic rings. The number of para-hydroxylation sites is 4. The van der Waals surface area contributed by atoms with E-state index in [9.17, 15) is 0 Å². The Morgan fingerprint density at radius 2 is 0.950 bits per heavy atom. The number of benzene rings is 10. The van der Waals surface area contributed by atoms with Gasteiger partial charge >= 0.3 is 0 Å². The van der Waals surface area contributed by atoms with Crippen LogP contribution in [-0.2, 0) is 0 Å². The molecule has 0 amide bonds. The molecule has 5 nitrogen and oxygen atoms in total. The van der Waals surface area contributed by atoms with Crippen molar-refractivity contribution in [1.82, 2.24) is 9.38 Å². The quantitative estimate of drug-likeness (QED) is 0.164. The predicted molar refractivity (Wildman–Crippen MR) is 248 cm³/mol. The topological polar surface area (TPSA) is 42.9 Å². The minimum Gasteiger partial charge on any atom is -0.456 e. The molecule has 1 aliphatic heterocycles. The number of hydrogen-bond donors (Lipinski definition) is 0. The molecule has 0 saturated carbocycles. The zero-order valence-electron chi connectivity index (χ0n) is 32.1. The first-order chi connectivity index (χ1) is 29.7. The van der Waals surface area contributed by atoms with Crippen molar-refractivity contribution in [1.29, 1.82) is 0 Å². The lowest BCUT2D eigenvalue weighted by molar-refractivity contribution is 0.478. The van der Waals surface area contributed by atoms with Gasteiger partial charge in [0.05, 0.1) is 27.9 Å². The molecule has 0 unspecified atom stereocenters. The number of anilines is 3. The number of furan rings is 1. The Morgan fingerprint density at radius 3 is 1.77 bits per heavy atom. The molecule has 0 atom stereocenters. The summed E-state index contributed by atoms with van der Waals surface area (Å²) in [6.45, 7) is 0. The van der Waals surface area contributed by atoms with Gasteiger partial charge in [0.25, 0.3) is 0 Å². The fourth-order valence-corrected chi connectivity index (χ4v) is 10.0. The fourth-order valence-electron chi connectivity index (χ4n) is 10.0. The minimum atomic E-state index is 0.786. The molecule has 3 aromatic heterocycles. The van der Waals surface area contributed by atoms with Crippen molar-refractivity contribution in [2.75, 3.05) is 4.90 Å². The van der Waals surface area contributed by atoms with E-state index in [1.807, 2.05) is 12.1 Å². The first-order valence-electron chi connectivity index (χ1n) is 20.4. The molecule has 1 aliphatic rings. The van der Waals surface area contributed by atoms with Crippen LogP contribution in [0, 0.1) is 0 Å². The first-order valence-corrected chi connectivity index (χ1v) is 20.4. The van der Waals surface area contributed by atoms with Crippen molar-refractivity contribution >= 4 is 110 Å². The molecule has 10 aromatic carbocycles. The van der Waals surface area contributed by atoms with Gasteiger partial charge in [-0.25, -0.2) is 4.98 Å². The maximum atomic E-state index is 7.07. The molecule has 4 heterocycles. The summed E-state index contributed by atoms with van der Waals surface area (Å²) in [5.41, 5.74) is 11.0. The van der Waals surface area contributed by atoms with Gasteiger partial charge in [0, 0.05) is 27.2 Å². The van der Waals surface area contributed by atoms with Crippen LogP contribution in [0.3, 0.4) is 0 Å². The van der Waals surface area contributed by atoms with Gasteiger partial charge in [0.2, 0.25) is 0 Å². The van der Waals surface area contributed by atoms with Crippen molar-refractivity contribution in [2.45, 2.75) is 0 Å². The van der Waals surface area contributed by atoms with Crippen molar-refractivity contribution < 1.29 is 9.15 Å². The Morgan fingerprint density at radius 1 is 0.367 bits per heavy atom. The molecule has 0 aliphatic carbocycles. The number of imidazole rings is 1. The van der Waals surface area contributed by atoms with Crippen molar-refractivity contribution in [3.63, 3.8) is 0 Å². The molecule has 0 spiro atoms. The van der Waals surface area contributed by atoms with Crippen LogP contribution in [0.25, 0.3) is 104 Å². The Balaban J connectivity index is 1.03. The van der Waals surface area contributed by atoms with Crippen LogP contribution in [0.5, 0.6) is 11.5 Å². The maximum absolute atomic E-state index is 7.07. The standard InChI is InChI=1S/C55H31N3O2/c1-3-13-37-35(11-1)36-12-2-4-14-38(36)45-31-54-50(30-44(37)45)57(49-26-22-33(28-53(49)60-54)32-21-24-41-40-16-6-10-20-51(40)59-52(41)27-32)34-23-25-42-43(29-34)39-15-5-8-18-47(39)58-48-19-9-7-17-46(48)56-55(42)58/h1-31H. The predicted octanol–water partition coefficient (Wildman–Crippen LogP) is 15.4. The van der Waals surface area contributed by atoms with Gasteiger partial charge in [-0.1, -0.05) is 109 Å². The highest BCUT2D eigenvalue weighted by Crippen LogP contribution is 2.54. The smallest absolute Gasteiger partial charge is 0.152 e. The van der Waals surface area contributed by atoms with Crippen molar-refractivity contribution in [3.05, 3.63) is 188 Å². The van der Waals surface area contributed by atoms with Gasteiger partial charge in [-0.2, -0.15) is 0 Å². The second-order valence-electron chi connectivity index (χ2n) is 15.9. The molecule has 60 heavy (non-hydrogen) atoms. The Labute approximate surface area is 342 Å². The van der Waals surface area contributed by atoms with E-state index in [1.54, 1.807) is 0 Å². The van der Waals surface area contributed by atoms with Gasteiger partial charge < -0.3 is 14.1 Å². The van der Waals surface area contributed by atoms with Crippen LogP contribution in [0.1, 0.15) is 0 Å². The van der Waals surface area contributed by atoms with E-state index in [4.69, 9.17) is 14.1 Å². The van der Waals surface area contributed by atoms with Crippen LogP contribution in [0.4, 0.5) is 17.1 Å². The highest BCUT2D eigenvalue weighted by molar-refractivity contribution is 6.26. The largest absolute Gasteiger partial charge is 0.456 e. The van der Waals surface area contributed by atoms with E-state index < -0.39 is 0 Å². The second kappa shape index (κ2) is 11.7. The molecule has 0 radical (unpaired) electrons. The molecule has 0 saturated heterocycles. The van der Waals surface area contributed by atoms with Gasteiger partial charge in [0.15, 0.2) is 11.5 Å². The van der Waals surface area contributed by atoms with E-state index in [-0.39, 0.29) is 0 Å². The van der Waals surface area contributed by atoms with Crippen LogP contribution < -0.4 is 9.64 Å². The third-order valence-electron chi connectivity index (χ3n) is 12.7. The molecule has 14 rings (SSSR count). The average Bonchev–Trinajstić information content (AvgIpc) is 3.89. The number of hydrogen-bond acceptors (Lipinski definition) is 4. The summed E-state index contributed by atoms with van der Waals surface area (Å²) in [7, 11) is 0. The maximum Gasteiger partial charge on any atom is 0.152 e. The lowest BCUT2D eigenvalue weighted by Crippen LogP contribution is -2.16. The zero-order valence-corrected chi connectivity index (χ0v) is 32.1. The number of pyridine rings is 1. The van der Waals surface area contributed by atoms with Crippen molar-refractivity contribution in [3.8, 4) is 22.6 Å². The summed E-state index contributed by atoms with van der Waals surface area (Å²) in [5, 5.41) is 12.9. The summed E-state index contributed by atoms with van der Waals surface area (Å²) in [6.07, 6.45) is 0. The Bertz CT molecular complexity index is 4010. The molecule has 0 bridgehead atoms. The highest BCUT2D eigenvalue weighted by atomic mass is 16.5. The number of rotatable bonds is 2. The number of aromatic nitrogens is 2. The number of nitrogens with zero attached hydrogens (tertiary/aromatic N) is 3. The number of ether oxygens (including phenoxy) is 1. The van der Waals surface area contributed by atoms with Gasteiger partial charge in [-0.05, 0) is 128 Å². The fraction of sp³-hybridized carbons (Fsp3) is 0. The molecular formula is C55H31N3O2. The minimum absolute atomic E-state index is 0.786. The Kier molecular flexibility index (Phi) is 6.23. The molecule has 5 heteroatoms. The van der Waals surface area contributed by atoms with E-state index in [0.717, 1.165) is 100.0 Å². The van der Waals surface area contributed by atoms with E-state index >= 15 is 0 Å². The normalized spacial score (nSPS) is 12.8. The van der Waals surface area contributed by atoms with Crippen LogP contribution in [0.2, 0.25) is 0 Å². The highest BCUT2D eigenvalue weighted by Gasteiger charge is 2.29. The van der Waals surface area contributed by atoms with Crippen LogP contribution >= 0.6 is 0 Å². The van der Waals surface area contributed by atoms with E-state index in [0.29, 0.717) is 0 Å². The van der Waals surface area contributed by atoms with Gasteiger partial charge in [-0.3, -0.25) is 4.40 Å². The van der Waals surface area contributed by atoms with Crippen LogP contribution in [-0.4, -0.2) is 9.38 Å². The Hall–Kier alpha value is -8.15. The second-order valence-corrected chi connectivity index (χ2v) is 15.9. The summed E-state index contributed by atoms with van der Waals surface area (Å²) < 4.78 is 15.7. The molecule has 278 valence electrons. The average molecular weight is 766 g/mol. The molecular weight excluding hydrogens is 735 g/mol. The van der Waals surface area contributed by atoms with E-state index in [2.05, 4.69) is 185 Å². The summed E-state index contributed by atoms with van der Waals surface area (Å²) >= 11 is 0. The SMILES string of the molecule is c1ccc2c(c1)nc1c3ccc(N4c5ccc(-c6ccc7c(c6)oc6ccccc67)cc5Oc5cc6c7ccccc7c7ccccc7c6cc54)cc3c3ccccc3n21. The lowest BCUT2D eigenvalue weighted by atomic mass is 9.93. The summed E-state index contributed by atoms with van der Waals surface area (Å²) in [6, 6.07) is 67.2. The monoisotopic (exact) mass is 765 g/mol. The van der Waals surface area contributed by atoms with Crippen molar-refractivity contribution in [2.24, 2.45) is 0 Å². The summed E-state index contributed by atoms with van der Waals surface area (Å²) in [5.74, 6) is 1.59. The first kappa shape index (κ1) is 31.9. The van der Waals surface area contributed by atoms with Gasteiger partial charge in [-0.15, -0.1) is 0 Å². The molecule has 0 fully saturated rings. The van der Waals surface area contributed by atoms with Crippen LogP contribution in [0.15, 0.2) is 192 Å².